The molecule has 0 aliphatic rings. The van der Waals surface area contributed by atoms with Crippen molar-refractivity contribution in [1.29, 1.82) is 0 Å². The molecular formula is C22H18N2O3. The van der Waals surface area contributed by atoms with Crippen molar-refractivity contribution in [2.45, 2.75) is 0 Å². The number of rotatable bonds is 5. The van der Waals surface area contributed by atoms with Gasteiger partial charge >= 0.3 is 0 Å². The van der Waals surface area contributed by atoms with E-state index in [9.17, 15) is 4.79 Å². The molecule has 2 N–H and O–H groups in total. The average molecular weight is 358 g/mol. The number of amides is 1. The first-order valence-corrected chi connectivity index (χ1v) is 8.52. The molecule has 1 amide bonds. The maximum atomic E-state index is 12.5. The van der Waals surface area contributed by atoms with Gasteiger partial charge in [-0.3, -0.25) is 4.79 Å². The van der Waals surface area contributed by atoms with E-state index in [2.05, 4.69) is 10.3 Å². The van der Waals surface area contributed by atoms with Gasteiger partial charge in [0.05, 0.1) is 7.11 Å². The molecule has 0 radical (unpaired) electrons. The van der Waals surface area contributed by atoms with Crippen molar-refractivity contribution in [3.63, 3.8) is 0 Å². The second-order valence-corrected chi connectivity index (χ2v) is 6.04. The Morgan fingerprint density at radius 2 is 1.70 bits per heavy atom. The number of aromatic amines is 1. The fourth-order valence-electron chi connectivity index (χ4n) is 2.84. The maximum absolute atomic E-state index is 12.5. The van der Waals surface area contributed by atoms with Crippen LogP contribution in [0.25, 0.3) is 10.9 Å². The number of carbonyl (C=O) groups is 1. The van der Waals surface area contributed by atoms with Gasteiger partial charge in [-0.2, -0.15) is 0 Å². The Balaban J connectivity index is 1.51. The third-order valence-electron chi connectivity index (χ3n) is 4.18. The Hall–Kier alpha value is -3.73. The normalized spacial score (nSPS) is 10.6. The van der Waals surface area contributed by atoms with Gasteiger partial charge in [0.25, 0.3) is 5.91 Å². The summed E-state index contributed by atoms with van der Waals surface area (Å²) in [5.74, 6) is 1.79. The van der Waals surface area contributed by atoms with Crippen LogP contribution in [0.3, 0.4) is 0 Å². The summed E-state index contributed by atoms with van der Waals surface area (Å²) in [7, 11) is 1.59. The van der Waals surface area contributed by atoms with Crippen molar-refractivity contribution in [3.05, 3.63) is 84.6 Å². The number of hydrogen-bond acceptors (Lipinski definition) is 3. The first-order chi connectivity index (χ1) is 13.2. The number of fused-ring (bicyclic) bond motifs is 1. The topological polar surface area (TPSA) is 63.4 Å². The number of carbonyl (C=O) groups excluding carboxylic acids is 1. The summed E-state index contributed by atoms with van der Waals surface area (Å²) in [4.78, 5) is 15.7. The first-order valence-electron chi connectivity index (χ1n) is 8.52. The number of methoxy groups -OCH3 is 1. The Morgan fingerprint density at radius 1 is 0.889 bits per heavy atom. The van der Waals surface area contributed by atoms with Crippen molar-refractivity contribution in [3.8, 4) is 17.2 Å². The van der Waals surface area contributed by atoms with Crippen molar-refractivity contribution in [2.24, 2.45) is 0 Å². The molecule has 5 heteroatoms. The maximum Gasteiger partial charge on any atom is 0.255 e. The molecule has 1 aromatic heterocycles. The summed E-state index contributed by atoms with van der Waals surface area (Å²) >= 11 is 0. The second-order valence-electron chi connectivity index (χ2n) is 6.04. The minimum absolute atomic E-state index is 0.213. The number of anilines is 1. The van der Waals surface area contributed by atoms with E-state index in [1.54, 1.807) is 31.4 Å². The standard InChI is InChI=1S/C22H18N2O3/c1-26-18-6-3-5-17(14-18)24-22(25)16-4-2-7-19(13-16)27-20-8-9-21-15(12-20)10-11-23-21/h2-14,23H,1H3,(H,24,25). The summed E-state index contributed by atoms with van der Waals surface area (Å²) in [6.07, 6.45) is 1.89. The molecule has 4 aromatic rings. The van der Waals surface area contributed by atoms with E-state index in [4.69, 9.17) is 9.47 Å². The molecule has 0 aliphatic carbocycles. The number of nitrogens with one attached hydrogen (secondary N) is 2. The zero-order valence-electron chi connectivity index (χ0n) is 14.7. The average Bonchev–Trinajstić information content (AvgIpc) is 3.16. The van der Waals surface area contributed by atoms with Crippen molar-refractivity contribution in [2.75, 3.05) is 12.4 Å². The van der Waals surface area contributed by atoms with Crippen molar-refractivity contribution in [1.82, 2.24) is 4.98 Å². The van der Waals surface area contributed by atoms with Crippen LogP contribution in [0.5, 0.6) is 17.2 Å². The molecule has 0 saturated heterocycles. The minimum Gasteiger partial charge on any atom is -0.497 e. The van der Waals surface area contributed by atoms with E-state index in [1.807, 2.05) is 54.7 Å². The number of aromatic nitrogens is 1. The molecule has 0 unspecified atom stereocenters. The molecule has 0 aliphatic heterocycles. The van der Waals surface area contributed by atoms with Crippen LogP contribution in [-0.2, 0) is 0 Å². The molecule has 0 atom stereocenters. The van der Waals surface area contributed by atoms with Crippen molar-refractivity contribution >= 4 is 22.5 Å². The van der Waals surface area contributed by atoms with Crippen LogP contribution < -0.4 is 14.8 Å². The molecule has 0 saturated carbocycles. The Kier molecular flexibility index (Phi) is 4.49. The number of ether oxygens (including phenoxy) is 2. The lowest BCUT2D eigenvalue weighted by atomic mass is 10.2. The minimum atomic E-state index is -0.213. The summed E-state index contributed by atoms with van der Waals surface area (Å²) in [5.41, 5.74) is 2.23. The Morgan fingerprint density at radius 3 is 2.59 bits per heavy atom. The number of H-pyrrole nitrogens is 1. The molecule has 4 rings (SSSR count). The monoisotopic (exact) mass is 358 g/mol. The first kappa shape index (κ1) is 16.7. The van der Waals surface area contributed by atoms with Crippen LogP contribution in [0.15, 0.2) is 79.0 Å². The fourth-order valence-corrected chi connectivity index (χ4v) is 2.84. The molecule has 0 bridgehead atoms. The molecule has 0 spiro atoms. The molecule has 27 heavy (non-hydrogen) atoms. The van der Waals surface area contributed by atoms with Gasteiger partial charge in [0.2, 0.25) is 0 Å². The van der Waals surface area contributed by atoms with E-state index in [-0.39, 0.29) is 5.91 Å². The summed E-state index contributed by atoms with van der Waals surface area (Å²) < 4.78 is 11.1. The van der Waals surface area contributed by atoms with Gasteiger partial charge in [-0.25, -0.2) is 0 Å². The van der Waals surface area contributed by atoms with Gasteiger partial charge in [0.15, 0.2) is 0 Å². The molecular weight excluding hydrogens is 340 g/mol. The Labute approximate surface area is 156 Å². The quantitative estimate of drug-likeness (QED) is 0.514. The third-order valence-corrected chi connectivity index (χ3v) is 4.18. The molecule has 134 valence electrons. The van der Waals surface area contributed by atoms with Crippen molar-refractivity contribution < 1.29 is 14.3 Å². The van der Waals surface area contributed by atoms with Crippen LogP contribution in [0.4, 0.5) is 5.69 Å². The smallest absolute Gasteiger partial charge is 0.255 e. The lowest BCUT2D eigenvalue weighted by molar-refractivity contribution is 0.102. The van der Waals surface area contributed by atoms with Crippen LogP contribution in [0, 0.1) is 0 Å². The van der Waals surface area contributed by atoms with Crippen LogP contribution in [0.1, 0.15) is 10.4 Å². The lowest BCUT2D eigenvalue weighted by Crippen LogP contribution is -2.11. The highest BCUT2D eigenvalue weighted by atomic mass is 16.5. The third kappa shape index (κ3) is 3.77. The summed E-state index contributed by atoms with van der Waals surface area (Å²) in [6.45, 7) is 0. The van der Waals surface area contributed by atoms with E-state index in [0.29, 0.717) is 28.5 Å². The number of hydrogen-bond donors (Lipinski definition) is 2. The van der Waals surface area contributed by atoms with Crippen LogP contribution in [0.2, 0.25) is 0 Å². The van der Waals surface area contributed by atoms with E-state index >= 15 is 0 Å². The number of benzene rings is 3. The van der Waals surface area contributed by atoms with E-state index in [0.717, 1.165) is 10.9 Å². The predicted molar refractivity (Wildman–Crippen MR) is 106 cm³/mol. The molecule has 3 aromatic carbocycles. The van der Waals surface area contributed by atoms with E-state index in [1.165, 1.54) is 0 Å². The lowest BCUT2D eigenvalue weighted by Gasteiger charge is -2.09. The fraction of sp³-hybridized carbons (Fsp3) is 0.0455. The van der Waals surface area contributed by atoms with Gasteiger partial charge < -0.3 is 19.8 Å². The van der Waals surface area contributed by atoms with Gasteiger partial charge in [-0.05, 0) is 54.6 Å². The molecule has 1 heterocycles. The molecule has 0 fully saturated rings. The molecule has 5 nitrogen and oxygen atoms in total. The SMILES string of the molecule is COc1cccc(NC(=O)c2cccc(Oc3ccc4[nH]ccc4c3)c2)c1. The highest BCUT2D eigenvalue weighted by Crippen LogP contribution is 2.26. The van der Waals surface area contributed by atoms with Gasteiger partial charge in [0, 0.05) is 34.4 Å². The predicted octanol–water partition coefficient (Wildman–Crippen LogP) is 5.22. The highest BCUT2D eigenvalue weighted by molar-refractivity contribution is 6.04. The zero-order valence-corrected chi connectivity index (χ0v) is 14.7. The highest BCUT2D eigenvalue weighted by Gasteiger charge is 2.09. The van der Waals surface area contributed by atoms with Gasteiger partial charge in [-0.1, -0.05) is 12.1 Å². The largest absolute Gasteiger partial charge is 0.497 e. The van der Waals surface area contributed by atoms with Gasteiger partial charge in [0.1, 0.15) is 17.2 Å². The zero-order chi connectivity index (χ0) is 18.6. The van der Waals surface area contributed by atoms with Crippen LogP contribution >= 0.6 is 0 Å². The summed E-state index contributed by atoms with van der Waals surface area (Å²) in [5, 5.41) is 3.94. The van der Waals surface area contributed by atoms with E-state index < -0.39 is 0 Å². The van der Waals surface area contributed by atoms with Crippen LogP contribution in [-0.4, -0.2) is 18.0 Å². The van der Waals surface area contributed by atoms with Gasteiger partial charge in [-0.15, -0.1) is 0 Å². The second kappa shape index (κ2) is 7.25. The Bertz CT molecular complexity index is 1100. The summed E-state index contributed by atoms with van der Waals surface area (Å²) in [6, 6.07) is 22.1.